The second kappa shape index (κ2) is 5.53. The summed E-state index contributed by atoms with van der Waals surface area (Å²) in [6.45, 7) is 0. The van der Waals surface area contributed by atoms with Crippen LogP contribution in [0.5, 0.6) is 0 Å². The molecule has 0 fully saturated rings. The average Bonchev–Trinajstić information content (AvgIpc) is 2.80. The van der Waals surface area contributed by atoms with E-state index in [0.29, 0.717) is 11.4 Å². The number of aromatic carboxylic acids is 1. The Kier molecular flexibility index (Phi) is 3.82. The molecule has 3 N–H and O–H groups in total. The Morgan fingerprint density at radius 3 is 2.79 bits per heavy atom. The van der Waals surface area contributed by atoms with Crippen LogP contribution in [-0.2, 0) is 11.2 Å². The number of aromatic nitrogens is 2. The number of amides is 1. The lowest BCUT2D eigenvalue weighted by molar-refractivity contribution is -0.115. The highest BCUT2D eigenvalue weighted by Gasteiger charge is 2.09. The highest BCUT2D eigenvalue weighted by atomic mass is 35.5. The Labute approximate surface area is 113 Å². The predicted octanol–water partition coefficient (Wildman–Crippen LogP) is 1.94. The van der Waals surface area contributed by atoms with E-state index in [-0.39, 0.29) is 22.9 Å². The molecule has 7 heteroatoms. The summed E-state index contributed by atoms with van der Waals surface area (Å²) in [5.41, 5.74) is 1.02. The third kappa shape index (κ3) is 3.56. The number of hydrogen-bond acceptors (Lipinski definition) is 3. The monoisotopic (exact) mass is 279 g/mol. The molecule has 0 bridgehead atoms. The molecule has 6 nitrogen and oxygen atoms in total. The first-order chi connectivity index (χ1) is 9.04. The number of nitrogens with one attached hydrogen (secondary N) is 2. The Bertz CT molecular complexity index is 611. The highest BCUT2D eigenvalue weighted by Crippen LogP contribution is 2.19. The number of hydrogen-bond donors (Lipinski definition) is 3. The van der Waals surface area contributed by atoms with Crippen molar-refractivity contribution in [3.05, 3.63) is 46.7 Å². The molecule has 1 aromatic heterocycles. The Morgan fingerprint density at radius 2 is 2.16 bits per heavy atom. The number of carbonyl (C=O) groups is 2. The van der Waals surface area contributed by atoms with Crippen molar-refractivity contribution < 1.29 is 14.7 Å². The zero-order valence-corrected chi connectivity index (χ0v) is 10.4. The van der Waals surface area contributed by atoms with Gasteiger partial charge in [0.05, 0.1) is 12.0 Å². The third-order valence-corrected chi connectivity index (χ3v) is 2.56. The maximum absolute atomic E-state index is 11.7. The standard InChI is InChI=1S/C12H10ClN3O3/c13-8-3-7(12(18)19)4-10(5-8)15-11(17)6-9-1-2-14-16-9/h1-5H,6H2,(H,14,16)(H,15,17)(H,18,19). The van der Waals surface area contributed by atoms with E-state index >= 15 is 0 Å². The molecule has 0 saturated carbocycles. The number of aromatic amines is 1. The lowest BCUT2D eigenvalue weighted by Crippen LogP contribution is -2.15. The lowest BCUT2D eigenvalue weighted by atomic mass is 10.2. The van der Waals surface area contributed by atoms with Gasteiger partial charge in [-0.3, -0.25) is 9.89 Å². The summed E-state index contributed by atoms with van der Waals surface area (Å²) in [6.07, 6.45) is 1.67. The minimum Gasteiger partial charge on any atom is -0.478 e. The van der Waals surface area contributed by atoms with Crippen LogP contribution < -0.4 is 5.32 Å². The van der Waals surface area contributed by atoms with E-state index < -0.39 is 5.97 Å². The maximum Gasteiger partial charge on any atom is 0.335 e. The van der Waals surface area contributed by atoms with Gasteiger partial charge in [0.25, 0.3) is 0 Å². The average molecular weight is 280 g/mol. The fourth-order valence-corrected chi connectivity index (χ4v) is 1.78. The first kappa shape index (κ1) is 13.1. The topological polar surface area (TPSA) is 95.1 Å². The number of carboxylic acids is 1. The van der Waals surface area contributed by atoms with Crippen LogP contribution in [0.4, 0.5) is 5.69 Å². The zero-order valence-electron chi connectivity index (χ0n) is 9.68. The molecule has 0 aliphatic heterocycles. The van der Waals surface area contributed by atoms with E-state index in [1.165, 1.54) is 18.2 Å². The Morgan fingerprint density at radius 1 is 1.37 bits per heavy atom. The van der Waals surface area contributed by atoms with E-state index in [0.717, 1.165) is 0 Å². The van der Waals surface area contributed by atoms with E-state index in [2.05, 4.69) is 15.5 Å². The van der Waals surface area contributed by atoms with Crippen LogP contribution in [0.3, 0.4) is 0 Å². The van der Waals surface area contributed by atoms with Gasteiger partial charge in [0.1, 0.15) is 0 Å². The molecule has 0 aliphatic carbocycles. The van der Waals surface area contributed by atoms with Crippen molar-refractivity contribution in [2.24, 2.45) is 0 Å². The van der Waals surface area contributed by atoms with Crippen LogP contribution >= 0.6 is 11.6 Å². The summed E-state index contributed by atoms with van der Waals surface area (Å²) < 4.78 is 0. The highest BCUT2D eigenvalue weighted by molar-refractivity contribution is 6.31. The van der Waals surface area contributed by atoms with Gasteiger partial charge in [-0.25, -0.2) is 4.79 Å². The van der Waals surface area contributed by atoms with Gasteiger partial charge < -0.3 is 10.4 Å². The van der Waals surface area contributed by atoms with Crippen molar-refractivity contribution in [2.75, 3.05) is 5.32 Å². The number of carbonyl (C=O) groups excluding carboxylic acids is 1. The molecule has 0 unspecified atom stereocenters. The van der Waals surface area contributed by atoms with E-state index in [9.17, 15) is 9.59 Å². The number of halogens is 1. The van der Waals surface area contributed by atoms with Gasteiger partial charge in [-0.05, 0) is 24.3 Å². The summed E-state index contributed by atoms with van der Waals surface area (Å²) in [7, 11) is 0. The summed E-state index contributed by atoms with van der Waals surface area (Å²) in [6, 6.07) is 5.83. The van der Waals surface area contributed by atoms with E-state index in [1.807, 2.05) is 0 Å². The SMILES string of the molecule is O=C(Cc1ccn[nH]1)Nc1cc(Cl)cc(C(=O)O)c1. The molecule has 0 atom stereocenters. The molecular weight excluding hydrogens is 270 g/mol. The molecule has 98 valence electrons. The second-order valence-corrected chi connectivity index (χ2v) is 4.28. The summed E-state index contributed by atoms with van der Waals surface area (Å²) in [5.74, 6) is -1.39. The zero-order chi connectivity index (χ0) is 13.8. The van der Waals surface area contributed by atoms with Gasteiger partial charge in [0.15, 0.2) is 0 Å². The second-order valence-electron chi connectivity index (χ2n) is 3.84. The minimum atomic E-state index is -1.11. The molecule has 1 amide bonds. The normalized spacial score (nSPS) is 10.2. The van der Waals surface area contributed by atoms with Gasteiger partial charge in [0, 0.05) is 22.6 Å². The molecule has 1 aromatic carbocycles. The largest absolute Gasteiger partial charge is 0.478 e. The molecule has 0 aliphatic rings. The molecule has 2 rings (SSSR count). The van der Waals surface area contributed by atoms with Crippen LogP contribution in [-0.4, -0.2) is 27.2 Å². The smallest absolute Gasteiger partial charge is 0.335 e. The minimum absolute atomic E-state index is 0.0179. The fourth-order valence-electron chi connectivity index (χ4n) is 1.55. The predicted molar refractivity (Wildman–Crippen MR) is 69.3 cm³/mol. The van der Waals surface area contributed by atoms with Gasteiger partial charge in [-0.2, -0.15) is 5.10 Å². The molecule has 1 heterocycles. The van der Waals surface area contributed by atoms with Crippen molar-refractivity contribution in [2.45, 2.75) is 6.42 Å². The quantitative estimate of drug-likeness (QED) is 0.797. The number of nitrogens with zero attached hydrogens (tertiary/aromatic N) is 1. The van der Waals surface area contributed by atoms with Crippen molar-refractivity contribution in [3.8, 4) is 0 Å². The van der Waals surface area contributed by atoms with E-state index in [1.54, 1.807) is 12.3 Å². The molecule has 2 aromatic rings. The number of carboxylic acid groups (broad SMARTS) is 1. The first-order valence-corrected chi connectivity index (χ1v) is 5.74. The van der Waals surface area contributed by atoms with Crippen molar-refractivity contribution >= 4 is 29.2 Å². The van der Waals surface area contributed by atoms with Gasteiger partial charge in [0.2, 0.25) is 5.91 Å². The van der Waals surface area contributed by atoms with Crippen LogP contribution in [0.15, 0.2) is 30.5 Å². The number of benzene rings is 1. The van der Waals surface area contributed by atoms with Gasteiger partial charge >= 0.3 is 5.97 Å². The molecule has 19 heavy (non-hydrogen) atoms. The van der Waals surface area contributed by atoms with E-state index in [4.69, 9.17) is 16.7 Å². The summed E-state index contributed by atoms with van der Waals surface area (Å²) >= 11 is 5.79. The van der Waals surface area contributed by atoms with Crippen LogP contribution in [0.1, 0.15) is 16.1 Å². The van der Waals surface area contributed by atoms with Crippen LogP contribution in [0, 0.1) is 0 Å². The van der Waals surface area contributed by atoms with Gasteiger partial charge in [-0.1, -0.05) is 11.6 Å². The third-order valence-electron chi connectivity index (χ3n) is 2.34. The Balaban J connectivity index is 2.10. The summed E-state index contributed by atoms with van der Waals surface area (Å²) in [4.78, 5) is 22.6. The first-order valence-electron chi connectivity index (χ1n) is 5.36. The molecular formula is C12H10ClN3O3. The fraction of sp³-hybridized carbons (Fsp3) is 0.0833. The number of H-pyrrole nitrogens is 1. The lowest BCUT2D eigenvalue weighted by Gasteiger charge is -2.06. The van der Waals surface area contributed by atoms with Crippen LogP contribution in [0.2, 0.25) is 5.02 Å². The van der Waals surface area contributed by atoms with Crippen molar-refractivity contribution in [3.63, 3.8) is 0 Å². The molecule has 0 radical (unpaired) electrons. The van der Waals surface area contributed by atoms with Gasteiger partial charge in [-0.15, -0.1) is 0 Å². The summed E-state index contributed by atoms with van der Waals surface area (Å²) in [5, 5.41) is 18.1. The molecule has 0 saturated heterocycles. The molecule has 0 spiro atoms. The number of anilines is 1. The van der Waals surface area contributed by atoms with Crippen molar-refractivity contribution in [1.29, 1.82) is 0 Å². The van der Waals surface area contributed by atoms with Crippen molar-refractivity contribution in [1.82, 2.24) is 10.2 Å². The van der Waals surface area contributed by atoms with Crippen LogP contribution in [0.25, 0.3) is 0 Å². The number of rotatable bonds is 4. The Hall–Kier alpha value is -2.34. The maximum atomic E-state index is 11.7.